The Kier molecular flexibility index (Phi) is 5.08. The summed E-state index contributed by atoms with van der Waals surface area (Å²) in [5.74, 6) is -2.40. The normalized spacial score (nSPS) is 24.3. The number of esters is 1. The fourth-order valence-corrected chi connectivity index (χ4v) is 2.14. The van der Waals surface area contributed by atoms with Crippen molar-refractivity contribution >= 4 is 17.8 Å². The van der Waals surface area contributed by atoms with Crippen LogP contribution >= 0.6 is 0 Å². The first-order valence-corrected chi connectivity index (χ1v) is 5.81. The zero-order valence-corrected chi connectivity index (χ0v) is 10.2. The van der Waals surface area contributed by atoms with Gasteiger partial charge in [-0.15, -0.1) is 0 Å². The molecule has 1 rings (SSSR count). The summed E-state index contributed by atoms with van der Waals surface area (Å²) in [4.78, 5) is 33.5. The molecule has 0 aromatic rings. The zero-order valence-electron chi connectivity index (χ0n) is 10.2. The van der Waals surface area contributed by atoms with Crippen molar-refractivity contribution in [2.75, 3.05) is 7.11 Å². The fourth-order valence-electron chi connectivity index (χ4n) is 2.14. The number of rotatable bonds is 5. The van der Waals surface area contributed by atoms with Gasteiger partial charge in [0.2, 0.25) is 5.91 Å². The van der Waals surface area contributed by atoms with Gasteiger partial charge in [-0.1, -0.05) is 6.42 Å². The summed E-state index contributed by atoms with van der Waals surface area (Å²) in [7, 11) is 1.30. The van der Waals surface area contributed by atoms with Gasteiger partial charge in [0.05, 0.1) is 25.5 Å². The molecule has 0 saturated heterocycles. The van der Waals surface area contributed by atoms with Gasteiger partial charge in [-0.2, -0.15) is 0 Å². The minimum absolute atomic E-state index is 0.315. The molecule has 0 radical (unpaired) electrons. The second-order valence-electron chi connectivity index (χ2n) is 4.38. The SMILES string of the molecule is COC(=O)[C@H]1CCC[C@H]1NC(=O)[C@@H](N)CC(=O)O. The Morgan fingerprint density at radius 2 is 2.11 bits per heavy atom. The van der Waals surface area contributed by atoms with Crippen LogP contribution in [0, 0.1) is 5.92 Å². The number of carboxylic acid groups (broad SMARTS) is 1. The van der Waals surface area contributed by atoms with Crippen LogP contribution in [-0.2, 0) is 19.1 Å². The summed E-state index contributed by atoms with van der Waals surface area (Å²) in [6, 6.07) is -1.41. The van der Waals surface area contributed by atoms with Crippen molar-refractivity contribution in [2.45, 2.75) is 37.8 Å². The van der Waals surface area contributed by atoms with E-state index in [9.17, 15) is 14.4 Å². The minimum atomic E-state index is -1.13. The molecule has 1 amide bonds. The lowest BCUT2D eigenvalue weighted by atomic mass is 10.0. The number of carboxylic acids is 1. The van der Waals surface area contributed by atoms with Crippen LogP contribution in [0.2, 0.25) is 0 Å². The third kappa shape index (κ3) is 3.69. The van der Waals surface area contributed by atoms with Crippen LogP contribution in [0.1, 0.15) is 25.7 Å². The molecule has 7 nitrogen and oxygen atoms in total. The number of nitrogens with one attached hydrogen (secondary N) is 1. The first kappa shape index (κ1) is 14.4. The topological polar surface area (TPSA) is 119 Å². The predicted molar refractivity (Wildman–Crippen MR) is 61.5 cm³/mol. The highest BCUT2D eigenvalue weighted by Crippen LogP contribution is 2.26. The van der Waals surface area contributed by atoms with Gasteiger partial charge in [0.25, 0.3) is 0 Å². The zero-order chi connectivity index (χ0) is 13.7. The van der Waals surface area contributed by atoms with Crippen LogP contribution in [-0.4, -0.2) is 42.1 Å². The minimum Gasteiger partial charge on any atom is -0.481 e. The maximum atomic E-state index is 11.6. The van der Waals surface area contributed by atoms with Gasteiger partial charge in [0.15, 0.2) is 0 Å². The summed E-state index contributed by atoms with van der Waals surface area (Å²) in [6.07, 6.45) is 1.72. The number of amides is 1. The molecule has 1 aliphatic carbocycles. The molecule has 1 aliphatic rings. The molecule has 0 aliphatic heterocycles. The van der Waals surface area contributed by atoms with Crippen molar-refractivity contribution in [3.8, 4) is 0 Å². The first-order valence-electron chi connectivity index (χ1n) is 5.81. The smallest absolute Gasteiger partial charge is 0.310 e. The summed E-state index contributed by atoms with van der Waals surface area (Å²) in [5, 5.41) is 11.2. The maximum Gasteiger partial charge on any atom is 0.310 e. The van der Waals surface area contributed by atoms with Crippen molar-refractivity contribution < 1.29 is 24.2 Å². The highest BCUT2D eigenvalue weighted by atomic mass is 16.5. The van der Waals surface area contributed by atoms with Crippen LogP contribution in [0.15, 0.2) is 0 Å². The van der Waals surface area contributed by atoms with E-state index in [1.54, 1.807) is 0 Å². The quantitative estimate of drug-likeness (QED) is 0.558. The van der Waals surface area contributed by atoms with Crippen LogP contribution in [0.3, 0.4) is 0 Å². The molecule has 0 aromatic carbocycles. The first-order chi connectivity index (χ1) is 8.45. The van der Waals surface area contributed by atoms with E-state index in [0.717, 1.165) is 6.42 Å². The average molecular weight is 258 g/mol. The number of hydrogen-bond donors (Lipinski definition) is 3. The van der Waals surface area contributed by atoms with Crippen LogP contribution in [0.4, 0.5) is 0 Å². The van der Waals surface area contributed by atoms with E-state index < -0.39 is 24.3 Å². The number of aliphatic carboxylic acids is 1. The summed E-state index contributed by atoms with van der Waals surface area (Å²) >= 11 is 0. The third-order valence-electron chi connectivity index (χ3n) is 3.08. The highest BCUT2D eigenvalue weighted by molar-refractivity contribution is 5.86. The molecule has 4 N–H and O–H groups in total. The van der Waals surface area contributed by atoms with E-state index in [0.29, 0.717) is 12.8 Å². The third-order valence-corrected chi connectivity index (χ3v) is 3.08. The Hall–Kier alpha value is -1.63. The Labute approximate surface area is 105 Å². The van der Waals surface area contributed by atoms with E-state index in [4.69, 9.17) is 10.8 Å². The summed E-state index contributed by atoms with van der Waals surface area (Å²) in [5.41, 5.74) is 5.44. The van der Waals surface area contributed by atoms with Gasteiger partial charge in [-0.05, 0) is 12.8 Å². The predicted octanol–water partition coefficient (Wildman–Crippen LogP) is -0.754. The molecule has 1 fully saturated rings. The number of ether oxygens (including phenoxy) is 1. The second kappa shape index (κ2) is 6.34. The molecule has 18 heavy (non-hydrogen) atoms. The van der Waals surface area contributed by atoms with Crippen molar-refractivity contribution in [1.82, 2.24) is 5.32 Å². The second-order valence-corrected chi connectivity index (χ2v) is 4.38. The molecule has 3 atom stereocenters. The van der Waals surface area contributed by atoms with E-state index >= 15 is 0 Å². The van der Waals surface area contributed by atoms with Crippen molar-refractivity contribution in [1.29, 1.82) is 0 Å². The fraction of sp³-hybridized carbons (Fsp3) is 0.727. The van der Waals surface area contributed by atoms with Gasteiger partial charge >= 0.3 is 11.9 Å². The van der Waals surface area contributed by atoms with Gasteiger partial charge in [-0.25, -0.2) is 0 Å². The Bertz CT molecular complexity index is 344. The Morgan fingerprint density at radius 1 is 1.44 bits per heavy atom. The Morgan fingerprint density at radius 3 is 2.67 bits per heavy atom. The standard InChI is InChI=1S/C11H18N2O5/c1-18-11(17)6-3-2-4-8(6)13-10(16)7(12)5-9(14)15/h6-8H,2-5,12H2,1H3,(H,13,16)(H,14,15)/t6-,7-,8+/m0/s1. The van der Waals surface area contributed by atoms with Crippen LogP contribution < -0.4 is 11.1 Å². The number of methoxy groups -OCH3 is 1. The highest BCUT2D eigenvalue weighted by Gasteiger charge is 2.35. The Balaban J connectivity index is 2.53. The van der Waals surface area contributed by atoms with Crippen molar-refractivity contribution in [3.63, 3.8) is 0 Å². The number of carbonyl (C=O) groups excluding carboxylic acids is 2. The number of carbonyl (C=O) groups is 3. The lowest BCUT2D eigenvalue weighted by Gasteiger charge is -2.20. The average Bonchev–Trinajstić information content (AvgIpc) is 2.75. The van der Waals surface area contributed by atoms with Gasteiger partial charge < -0.3 is 20.9 Å². The monoisotopic (exact) mass is 258 g/mol. The molecule has 0 bridgehead atoms. The number of hydrogen-bond acceptors (Lipinski definition) is 5. The van der Waals surface area contributed by atoms with Gasteiger partial charge in [-0.3, -0.25) is 14.4 Å². The number of nitrogens with two attached hydrogens (primary N) is 1. The van der Waals surface area contributed by atoms with Crippen molar-refractivity contribution in [3.05, 3.63) is 0 Å². The molecule has 7 heteroatoms. The molecule has 0 unspecified atom stereocenters. The van der Waals surface area contributed by atoms with Gasteiger partial charge in [0.1, 0.15) is 0 Å². The van der Waals surface area contributed by atoms with E-state index in [1.807, 2.05) is 0 Å². The molecular weight excluding hydrogens is 240 g/mol. The maximum absolute atomic E-state index is 11.6. The molecule has 0 heterocycles. The molecule has 1 saturated carbocycles. The van der Waals surface area contributed by atoms with Crippen LogP contribution in [0.5, 0.6) is 0 Å². The summed E-state index contributed by atoms with van der Waals surface area (Å²) < 4.78 is 4.66. The largest absolute Gasteiger partial charge is 0.481 e. The molecule has 0 spiro atoms. The van der Waals surface area contributed by atoms with E-state index in [-0.39, 0.29) is 17.9 Å². The van der Waals surface area contributed by atoms with E-state index in [1.165, 1.54) is 7.11 Å². The van der Waals surface area contributed by atoms with E-state index in [2.05, 4.69) is 10.1 Å². The van der Waals surface area contributed by atoms with Gasteiger partial charge in [0, 0.05) is 6.04 Å². The molecule has 102 valence electrons. The van der Waals surface area contributed by atoms with Crippen molar-refractivity contribution in [2.24, 2.45) is 11.7 Å². The lowest BCUT2D eigenvalue weighted by molar-refractivity contribution is -0.146. The lowest BCUT2D eigenvalue weighted by Crippen LogP contribution is -2.48. The molecular formula is C11H18N2O5. The summed E-state index contributed by atoms with van der Waals surface area (Å²) in [6.45, 7) is 0. The molecule has 0 aromatic heterocycles. The van der Waals surface area contributed by atoms with Crippen LogP contribution in [0.25, 0.3) is 0 Å².